The number of amides is 2. The fourth-order valence-electron chi connectivity index (χ4n) is 1.51. The van der Waals surface area contributed by atoms with Crippen LogP contribution < -0.4 is 10.6 Å². The molecule has 0 unspecified atom stereocenters. The normalized spacial score (nSPS) is 10.9. The number of alkyl halides is 3. The van der Waals surface area contributed by atoms with Gasteiger partial charge in [0, 0.05) is 12.6 Å². The van der Waals surface area contributed by atoms with Gasteiger partial charge in [-0.3, -0.25) is 14.4 Å². The van der Waals surface area contributed by atoms with Crippen molar-refractivity contribution in [1.82, 2.24) is 10.6 Å². The molecule has 11 heteroatoms. The zero-order valence-corrected chi connectivity index (χ0v) is 12.6. The second kappa shape index (κ2) is 8.94. The van der Waals surface area contributed by atoms with Crippen molar-refractivity contribution in [2.24, 2.45) is 0 Å². The van der Waals surface area contributed by atoms with Gasteiger partial charge in [0.1, 0.15) is 18.2 Å². The van der Waals surface area contributed by atoms with E-state index in [-0.39, 0.29) is 6.54 Å². The first-order valence-corrected chi connectivity index (χ1v) is 6.81. The Bertz CT molecular complexity index is 649. The SMILES string of the molecule is O=C(COC(=O)CCNC(=O)c1ccc(F)cc1F)NCC(F)(F)F. The van der Waals surface area contributed by atoms with Crippen molar-refractivity contribution in [2.75, 3.05) is 19.7 Å². The van der Waals surface area contributed by atoms with Gasteiger partial charge in [0.25, 0.3) is 11.8 Å². The van der Waals surface area contributed by atoms with Crippen LogP contribution in [0.2, 0.25) is 0 Å². The van der Waals surface area contributed by atoms with E-state index in [0.29, 0.717) is 6.07 Å². The smallest absolute Gasteiger partial charge is 0.405 e. The number of carbonyl (C=O) groups excluding carboxylic acids is 3. The first kappa shape index (κ1) is 20.3. The highest BCUT2D eigenvalue weighted by Crippen LogP contribution is 2.12. The van der Waals surface area contributed by atoms with Gasteiger partial charge in [0.15, 0.2) is 6.61 Å². The van der Waals surface area contributed by atoms with Crippen molar-refractivity contribution < 1.29 is 41.1 Å². The number of nitrogens with one attached hydrogen (secondary N) is 2. The molecule has 0 bridgehead atoms. The summed E-state index contributed by atoms with van der Waals surface area (Å²) in [6, 6.07) is 2.32. The standard InChI is InChI=1S/C14H13F5N2O4/c15-8-1-2-9(10(16)5-8)13(24)20-4-3-12(23)25-6-11(22)21-7-14(17,18)19/h1-2,5H,3-4,6-7H2,(H,20,24)(H,21,22). The summed E-state index contributed by atoms with van der Waals surface area (Å²) in [5.74, 6) is -4.93. The monoisotopic (exact) mass is 368 g/mol. The van der Waals surface area contributed by atoms with Crippen LogP contribution >= 0.6 is 0 Å². The van der Waals surface area contributed by atoms with Gasteiger partial charge in [-0.25, -0.2) is 8.78 Å². The van der Waals surface area contributed by atoms with E-state index in [4.69, 9.17) is 0 Å². The Morgan fingerprint density at radius 1 is 1.08 bits per heavy atom. The first-order valence-electron chi connectivity index (χ1n) is 6.81. The first-order chi connectivity index (χ1) is 11.6. The fraction of sp³-hybridized carbons (Fsp3) is 0.357. The summed E-state index contributed by atoms with van der Waals surface area (Å²) in [6.07, 6.45) is -4.99. The summed E-state index contributed by atoms with van der Waals surface area (Å²) in [5, 5.41) is 3.67. The minimum atomic E-state index is -4.58. The molecule has 0 aliphatic rings. The molecular weight excluding hydrogens is 355 g/mol. The van der Waals surface area contributed by atoms with Crippen LogP contribution in [0.5, 0.6) is 0 Å². The highest BCUT2D eigenvalue weighted by atomic mass is 19.4. The molecule has 1 aromatic carbocycles. The second-order valence-electron chi connectivity index (χ2n) is 4.68. The molecule has 0 radical (unpaired) electrons. The summed E-state index contributed by atoms with van der Waals surface area (Å²) in [6.45, 7) is -2.74. The van der Waals surface area contributed by atoms with E-state index in [1.807, 2.05) is 0 Å². The second-order valence-corrected chi connectivity index (χ2v) is 4.68. The van der Waals surface area contributed by atoms with E-state index in [2.05, 4.69) is 10.1 Å². The molecule has 138 valence electrons. The topological polar surface area (TPSA) is 84.5 Å². The lowest BCUT2D eigenvalue weighted by Crippen LogP contribution is -2.36. The van der Waals surface area contributed by atoms with Crippen LogP contribution in [0.15, 0.2) is 18.2 Å². The largest absolute Gasteiger partial charge is 0.456 e. The van der Waals surface area contributed by atoms with Crippen LogP contribution in [0, 0.1) is 11.6 Å². The lowest BCUT2D eigenvalue weighted by Gasteiger charge is -2.09. The molecule has 0 fully saturated rings. The molecule has 25 heavy (non-hydrogen) atoms. The van der Waals surface area contributed by atoms with Crippen LogP contribution in [-0.2, 0) is 14.3 Å². The molecule has 0 atom stereocenters. The molecule has 1 aromatic rings. The van der Waals surface area contributed by atoms with Crippen LogP contribution in [0.4, 0.5) is 22.0 Å². The van der Waals surface area contributed by atoms with Crippen molar-refractivity contribution in [3.63, 3.8) is 0 Å². The van der Waals surface area contributed by atoms with Gasteiger partial charge < -0.3 is 15.4 Å². The lowest BCUT2D eigenvalue weighted by atomic mass is 10.2. The van der Waals surface area contributed by atoms with Gasteiger partial charge in [-0.15, -0.1) is 0 Å². The third kappa shape index (κ3) is 8.08. The quantitative estimate of drug-likeness (QED) is 0.561. The molecule has 6 nitrogen and oxygen atoms in total. The van der Waals surface area contributed by atoms with E-state index < -0.39 is 60.7 Å². The van der Waals surface area contributed by atoms with Crippen LogP contribution in [0.25, 0.3) is 0 Å². The Hall–Kier alpha value is -2.72. The molecule has 2 N–H and O–H groups in total. The van der Waals surface area contributed by atoms with Gasteiger partial charge in [-0.1, -0.05) is 0 Å². The van der Waals surface area contributed by atoms with E-state index in [1.54, 1.807) is 0 Å². The van der Waals surface area contributed by atoms with Gasteiger partial charge in [-0.05, 0) is 12.1 Å². The molecule has 0 saturated heterocycles. The number of hydrogen-bond donors (Lipinski definition) is 2. The van der Waals surface area contributed by atoms with Gasteiger partial charge in [-0.2, -0.15) is 13.2 Å². The Kier molecular flexibility index (Phi) is 7.27. The summed E-state index contributed by atoms with van der Waals surface area (Å²) in [7, 11) is 0. The number of benzene rings is 1. The van der Waals surface area contributed by atoms with Gasteiger partial charge in [0.2, 0.25) is 0 Å². The summed E-state index contributed by atoms with van der Waals surface area (Å²) >= 11 is 0. The maximum atomic E-state index is 13.3. The third-order valence-electron chi connectivity index (χ3n) is 2.64. The van der Waals surface area contributed by atoms with Gasteiger partial charge in [0.05, 0.1) is 12.0 Å². The molecule has 0 aliphatic carbocycles. The maximum absolute atomic E-state index is 13.3. The zero-order valence-electron chi connectivity index (χ0n) is 12.6. The Morgan fingerprint density at radius 2 is 1.76 bits per heavy atom. The Morgan fingerprint density at radius 3 is 2.36 bits per heavy atom. The highest BCUT2D eigenvalue weighted by Gasteiger charge is 2.27. The average molecular weight is 368 g/mol. The van der Waals surface area contributed by atoms with E-state index in [0.717, 1.165) is 12.1 Å². The molecule has 1 rings (SSSR count). The summed E-state index contributed by atoms with van der Waals surface area (Å²) < 4.78 is 66.0. The summed E-state index contributed by atoms with van der Waals surface area (Å²) in [4.78, 5) is 33.9. The van der Waals surface area contributed by atoms with Crippen LogP contribution in [0.1, 0.15) is 16.8 Å². The van der Waals surface area contributed by atoms with Crippen molar-refractivity contribution >= 4 is 17.8 Å². The van der Waals surface area contributed by atoms with Crippen LogP contribution in [0.3, 0.4) is 0 Å². The average Bonchev–Trinajstić information content (AvgIpc) is 2.50. The number of hydrogen-bond acceptors (Lipinski definition) is 4. The maximum Gasteiger partial charge on any atom is 0.405 e. The summed E-state index contributed by atoms with van der Waals surface area (Å²) in [5.41, 5.74) is -0.429. The predicted octanol–water partition coefficient (Wildman–Crippen LogP) is 1.31. The molecule has 0 aliphatic heterocycles. The molecule has 0 saturated carbocycles. The van der Waals surface area contributed by atoms with E-state index in [9.17, 15) is 36.3 Å². The van der Waals surface area contributed by atoms with Gasteiger partial charge >= 0.3 is 12.1 Å². The van der Waals surface area contributed by atoms with Crippen LogP contribution in [-0.4, -0.2) is 43.7 Å². The number of esters is 1. The van der Waals surface area contributed by atoms with Crippen molar-refractivity contribution in [3.8, 4) is 0 Å². The van der Waals surface area contributed by atoms with Crippen molar-refractivity contribution in [1.29, 1.82) is 0 Å². The minimum absolute atomic E-state index is 0.279. The molecule has 0 aromatic heterocycles. The zero-order chi connectivity index (χ0) is 19.0. The van der Waals surface area contributed by atoms with Crippen molar-refractivity contribution in [3.05, 3.63) is 35.4 Å². The Labute approximate surface area is 138 Å². The highest BCUT2D eigenvalue weighted by molar-refractivity contribution is 5.94. The molecule has 0 heterocycles. The molecular formula is C14H13F5N2O4. The van der Waals surface area contributed by atoms with E-state index in [1.165, 1.54) is 5.32 Å². The lowest BCUT2D eigenvalue weighted by molar-refractivity contribution is -0.151. The minimum Gasteiger partial charge on any atom is -0.456 e. The Balaban J connectivity index is 2.28. The molecule has 0 spiro atoms. The third-order valence-corrected chi connectivity index (χ3v) is 2.64. The molecule has 2 amide bonds. The number of rotatable bonds is 7. The number of halogens is 5. The fourth-order valence-corrected chi connectivity index (χ4v) is 1.51. The predicted molar refractivity (Wildman–Crippen MR) is 73.3 cm³/mol. The van der Waals surface area contributed by atoms with E-state index >= 15 is 0 Å². The van der Waals surface area contributed by atoms with Crippen molar-refractivity contribution in [2.45, 2.75) is 12.6 Å². The number of ether oxygens (including phenoxy) is 1. The number of carbonyl (C=O) groups is 3.